The summed E-state index contributed by atoms with van der Waals surface area (Å²) < 4.78 is 14.3. The highest BCUT2D eigenvalue weighted by Crippen LogP contribution is 2.38. The number of aromatic hydroxyl groups is 1. The Kier molecular flexibility index (Phi) is 5.92. The van der Waals surface area contributed by atoms with Crippen molar-refractivity contribution < 1.29 is 19.4 Å². The van der Waals surface area contributed by atoms with Crippen molar-refractivity contribution in [1.29, 1.82) is 0 Å². The molecule has 3 rings (SSSR count). The molecule has 0 saturated carbocycles. The average Bonchev–Trinajstić information content (AvgIpc) is 3.15. The summed E-state index contributed by atoms with van der Waals surface area (Å²) in [6, 6.07) is 7.71. The Bertz CT molecular complexity index is 1010. The van der Waals surface area contributed by atoms with Gasteiger partial charge < -0.3 is 24.0 Å². The number of fused-ring (bicyclic) bond motifs is 1. The van der Waals surface area contributed by atoms with Gasteiger partial charge >= 0.3 is 5.97 Å². The molecule has 0 bridgehead atoms. The maximum atomic E-state index is 12.0. The van der Waals surface area contributed by atoms with Crippen molar-refractivity contribution >= 4 is 30.0 Å². The van der Waals surface area contributed by atoms with Crippen molar-refractivity contribution in [3.63, 3.8) is 0 Å². The number of hydrogen-bond donors (Lipinski definition) is 1. The molecule has 0 amide bonds. The zero-order valence-electron chi connectivity index (χ0n) is 16.1. The van der Waals surface area contributed by atoms with Gasteiger partial charge in [-0.25, -0.2) is 0 Å². The number of aromatic nitrogens is 2. The van der Waals surface area contributed by atoms with Crippen LogP contribution in [0.25, 0.3) is 6.08 Å². The van der Waals surface area contributed by atoms with Crippen LogP contribution in [0, 0.1) is 4.77 Å². The molecule has 2 heterocycles. The van der Waals surface area contributed by atoms with E-state index in [0.717, 1.165) is 11.4 Å². The second-order valence-corrected chi connectivity index (χ2v) is 6.40. The summed E-state index contributed by atoms with van der Waals surface area (Å²) in [5.74, 6) is 0.817. The molecule has 1 aromatic carbocycles. The molecule has 1 N–H and O–H groups in total. The highest BCUT2D eigenvalue weighted by Gasteiger charge is 2.24. The number of rotatable bonds is 6. The van der Waals surface area contributed by atoms with Crippen molar-refractivity contribution in [1.82, 2.24) is 9.13 Å². The third kappa shape index (κ3) is 3.56. The van der Waals surface area contributed by atoms with Gasteiger partial charge in [0.1, 0.15) is 12.2 Å². The molecule has 0 unspecified atom stereocenters. The highest BCUT2D eigenvalue weighted by molar-refractivity contribution is 7.71. The highest BCUT2D eigenvalue weighted by atomic mass is 32.1. The lowest BCUT2D eigenvalue weighted by Gasteiger charge is -2.13. The molecule has 1 aromatic heterocycles. The Morgan fingerprint density at radius 3 is 2.68 bits per heavy atom. The van der Waals surface area contributed by atoms with Crippen molar-refractivity contribution in [3.8, 4) is 11.6 Å². The third-order valence-electron chi connectivity index (χ3n) is 4.40. The van der Waals surface area contributed by atoms with Crippen LogP contribution in [0.4, 0.5) is 5.69 Å². The number of nitrogens with zero attached hydrogens (tertiary/aromatic N) is 3. The number of ether oxygens (including phenoxy) is 2. The van der Waals surface area contributed by atoms with E-state index >= 15 is 0 Å². The smallest absolute Gasteiger partial charge is 0.326 e. The van der Waals surface area contributed by atoms with E-state index in [1.807, 2.05) is 43.0 Å². The topological polar surface area (TPSA) is 68.9 Å². The Balaban J connectivity index is 2.05. The van der Waals surface area contributed by atoms with Crippen LogP contribution in [0.15, 0.2) is 35.9 Å². The van der Waals surface area contributed by atoms with E-state index in [9.17, 15) is 9.90 Å². The number of para-hydroxylation sites is 2. The maximum absolute atomic E-state index is 12.0. The number of hydrogen-bond acceptors (Lipinski definition) is 6. The molecule has 0 aliphatic carbocycles. The summed E-state index contributed by atoms with van der Waals surface area (Å²) in [6.45, 7) is 6.98. The molecule has 0 spiro atoms. The molecule has 7 nitrogen and oxygen atoms in total. The van der Waals surface area contributed by atoms with E-state index in [2.05, 4.69) is 5.73 Å². The van der Waals surface area contributed by atoms with Gasteiger partial charge in [0.15, 0.2) is 10.5 Å². The molecule has 0 fully saturated rings. The first-order chi connectivity index (χ1) is 13.5. The van der Waals surface area contributed by atoms with Crippen LogP contribution in [0.3, 0.4) is 0 Å². The van der Waals surface area contributed by atoms with E-state index in [-0.39, 0.29) is 19.0 Å². The van der Waals surface area contributed by atoms with Crippen LogP contribution in [0.1, 0.15) is 26.5 Å². The minimum atomic E-state index is -0.422. The summed E-state index contributed by atoms with van der Waals surface area (Å²) in [6.07, 6.45) is 1.58. The molecule has 2 aromatic rings. The van der Waals surface area contributed by atoms with Gasteiger partial charge in [0.05, 0.1) is 12.3 Å². The fraction of sp³-hybridized carbons (Fsp3) is 0.350. The largest absolute Gasteiger partial charge is 0.493 e. The zero-order chi connectivity index (χ0) is 20.3. The fourth-order valence-corrected chi connectivity index (χ4v) is 3.48. The van der Waals surface area contributed by atoms with Crippen LogP contribution < -0.4 is 9.64 Å². The molecule has 148 valence electrons. The SMILES string of the molecule is CCOC(=O)Cn1c(C=C=C2Oc3ccccc3N2CC)c(O)n(CC)c1=S. The van der Waals surface area contributed by atoms with Crippen LogP contribution in [0.5, 0.6) is 11.6 Å². The van der Waals surface area contributed by atoms with Crippen molar-refractivity contribution in [2.45, 2.75) is 33.9 Å². The van der Waals surface area contributed by atoms with Crippen molar-refractivity contribution in [3.05, 3.63) is 46.3 Å². The second-order valence-electron chi connectivity index (χ2n) is 6.03. The lowest BCUT2D eigenvalue weighted by atomic mass is 10.3. The molecule has 8 heteroatoms. The first-order valence-corrected chi connectivity index (χ1v) is 9.61. The van der Waals surface area contributed by atoms with Gasteiger partial charge in [0, 0.05) is 19.2 Å². The molecular formula is C20H23N3O4S. The molecular weight excluding hydrogens is 378 g/mol. The van der Waals surface area contributed by atoms with E-state index in [1.165, 1.54) is 4.57 Å². The number of benzene rings is 1. The van der Waals surface area contributed by atoms with E-state index in [1.54, 1.807) is 17.6 Å². The van der Waals surface area contributed by atoms with Gasteiger partial charge in [-0.05, 0) is 45.1 Å². The Labute approximate surface area is 168 Å². The normalized spacial score (nSPS) is 12.4. The first-order valence-electron chi connectivity index (χ1n) is 9.20. The minimum absolute atomic E-state index is 0.0246. The van der Waals surface area contributed by atoms with Gasteiger partial charge in [-0.2, -0.15) is 0 Å². The number of carbonyl (C=O) groups is 1. The van der Waals surface area contributed by atoms with Gasteiger partial charge in [-0.1, -0.05) is 17.9 Å². The zero-order valence-corrected chi connectivity index (χ0v) is 17.0. The van der Waals surface area contributed by atoms with Crippen LogP contribution >= 0.6 is 12.2 Å². The lowest BCUT2D eigenvalue weighted by molar-refractivity contribution is -0.143. The number of anilines is 1. The van der Waals surface area contributed by atoms with Gasteiger partial charge in [-0.15, -0.1) is 0 Å². The molecule has 28 heavy (non-hydrogen) atoms. The Morgan fingerprint density at radius 1 is 1.25 bits per heavy atom. The Morgan fingerprint density at radius 2 is 2.00 bits per heavy atom. The van der Waals surface area contributed by atoms with Gasteiger partial charge in [-0.3, -0.25) is 9.36 Å². The second kappa shape index (κ2) is 8.37. The fourth-order valence-electron chi connectivity index (χ4n) is 3.10. The summed E-state index contributed by atoms with van der Waals surface area (Å²) in [7, 11) is 0. The van der Waals surface area contributed by atoms with E-state index in [4.69, 9.17) is 21.7 Å². The van der Waals surface area contributed by atoms with Crippen molar-refractivity contribution in [2.75, 3.05) is 18.1 Å². The summed E-state index contributed by atoms with van der Waals surface area (Å²) in [4.78, 5) is 14.0. The van der Waals surface area contributed by atoms with Crippen LogP contribution in [-0.4, -0.2) is 33.4 Å². The predicted molar refractivity (Wildman–Crippen MR) is 109 cm³/mol. The quantitative estimate of drug-likeness (QED) is 0.452. The summed E-state index contributed by atoms with van der Waals surface area (Å²) in [5, 5.41) is 10.6. The van der Waals surface area contributed by atoms with Crippen LogP contribution in [0.2, 0.25) is 0 Å². The maximum Gasteiger partial charge on any atom is 0.326 e. The molecule has 0 atom stereocenters. The first kappa shape index (κ1) is 19.8. The van der Waals surface area contributed by atoms with Gasteiger partial charge in [0.2, 0.25) is 11.8 Å². The van der Waals surface area contributed by atoms with E-state index < -0.39 is 5.97 Å². The number of carbonyl (C=O) groups excluding carboxylic acids is 1. The predicted octanol–water partition coefficient (Wildman–Crippen LogP) is 3.68. The molecule has 0 saturated heterocycles. The lowest BCUT2D eigenvalue weighted by Crippen LogP contribution is -2.18. The Hall–Kier alpha value is -2.96. The van der Waals surface area contributed by atoms with Crippen molar-refractivity contribution in [2.24, 2.45) is 0 Å². The standard InChI is InChI=1S/C20H23N3O4S/c1-4-21-14-9-7-8-10-16(14)27-17(21)12-11-15-19(25)22(5-2)20(28)23(15)13-18(24)26-6-3/h7-11,25H,4-6,13H2,1-3H3. The monoisotopic (exact) mass is 401 g/mol. The molecule has 1 aliphatic rings. The molecule has 1 aliphatic heterocycles. The van der Waals surface area contributed by atoms with Crippen LogP contribution in [-0.2, 0) is 22.6 Å². The molecule has 0 radical (unpaired) electrons. The van der Waals surface area contributed by atoms with Gasteiger partial charge in [0.25, 0.3) is 0 Å². The average molecular weight is 401 g/mol. The summed E-state index contributed by atoms with van der Waals surface area (Å²) >= 11 is 5.42. The minimum Gasteiger partial charge on any atom is -0.493 e. The summed E-state index contributed by atoms with van der Waals surface area (Å²) in [5.41, 5.74) is 4.44. The third-order valence-corrected chi connectivity index (χ3v) is 4.84. The number of esters is 1. The van der Waals surface area contributed by atoms with E-state index in [0.29, 0.717) is 29.4 Å². The number of imidazole rings is 1.